The van der Waals surface area contributed by atoms with Crippen molar-refractivity contribution in [1.29, 1.82) is 0 Å². The zero-order valence-electron chi connectivity index (χ0n) is 10.7. The molecule has 1 aliphatic rings. The maximum absolute atomic E-state index is 12.3. The standard InChI is InChI=1S/C14H17N3O2/c18-9-11-4-3-7-17(11)14(19)8-16-10-15-12-5-1-2-6-13(12)16/h1-2,5-6,10-11,18H,3-4,7-9H2. The third kappa shape index (κ3) is 2.21. The minimum absolute atomic E-state index is 0.0118. The largest absolute Gasteiger partial charge is 0.394 e. The molecule has 0 bridgehead atoms. The Labute approximate surface area is 111 Å². The Morgan fingerprint density at radius 2 is 2.26 bits per heavy atom. The zero-order chi connectivity index (χ0) is 13.2. The van der Waals surface area contributed by atoms with Crippen LogP contribution >= 0.6 is 0 Å². The minimum Gasteiger partial charge on any atom is -0.394 e. The lowest BCUT2D eigenvalue weighted by molar-refractivity contribution is -0.133. The highest BCUT2D eigenvalue weighted by atomic mass is 16.3. The van der Waals surface area contributed by atoms with Gasteiger partial charge in [0, 0.05) is 6.54 Å². The number of aliphatic hydroxyl groups excluding tert-OH is 1. The Morgan fingerprint density at radius 1 is 1.42 bits per heavy atom. The lowest BCUT2D eigenvalue weighted by Crippen LogP contribution is -2.39. The molecule has 2 aromatic rings. The fourth-order valence-corrected chi connectivity index (χ4v) is 2.73. The first-order chi connectivity index (χ1) is 9.29. The van der Waals surface area contributed by atoms with Crippen molar-refractivity contribution in [2.45, 2.75) is 25.4 Å². The monoisotopic (exact) mass is 259 g/mol. The summed E-state index contributed by atoms with van der Waals surface area (Å²) in [5.41, 5.74) is 1.87. The summed E-state index contributed by atoms with van der Waals surface area (Å²) in [6, 6.07) is 7.76. The SMILES string of the molecule is O=C(Cn1cnc2ccccc21)N1CCCC1CO. The van der Waals surface area contributed by atoms with Crippen LogP contribution in [0.1, 0.15) is 12.8 Å². The molecule has 5 nitrogen and oxygen atoms in total. The van der Waals surface area contributed by atoms with E-state index in [4.69, 9.17) is 0 Å². The van der Waals surface area contributed by atoms with E-state index < -0.39 is 0 Å². The van der Waals surface area contributed by atoms with Gasteiger partial charge < -0.3 is 14.6 Å². The van der Waals surface area contributed by atoms with Crippen LogP contribution in [-0.4, -0.2) is 44.7 Å². The van der Waals surface area contributed by atoms with E-state index in [1.807, 2.05) is 28.8 Å². The summed E-state index contributed by atoms with van der Waals surface area (Å²) < 4.78 is 1.87. The maximum Gasteiger partial charge on any atom is 0.242 e. The van der Waals surface area contributed by atoms with Gasteiger partial charge in [0.25, 0.3) is 0 Å². The van der Waals surface area contributed by atoms with Crippen molar-refractivity contribution < 1.29 is 9.90 Å². The number of fused-ring (bicyclic) bond motifs is 1. The Kier molecular flexibility index (Phi) is 3.21. The first-order valence-corrected chi connectivity index (χ1v) is 6.60. The third-order valence-electron chi connectivity index (χ3n) is 3.74. The lowest BCUT2D eigenvalue weighted by Gasteiger charge is -2.23. The van der Waals surface area contributed by atoms with Crippen molar-refractivity contribution in [3.05, 3.63) is 30.6 Å². The smallest absolute Gasteiger partial charge is 0.242 e. The molecule has 1 atom stereocenters. The fourth-order valence-electron chi connectivity index (χ4n) is 2.73. The topological polar surface area (TPSA) is 58.4 Å². The highest BCUT2D eigenvalue weighted by molar-refractivity contribution is 5.80. The normalized spacial score (nSPS) is 19.2. The molecule has 100 valence electrons. The van der Waals surface area contributed by atoms with E-state index in [1.54, 1.807) is 11.2 Å². The number of para-hydroxylation sites is 2. The van der Waals surface area contributed by atoms with Crippen LogP contribution in [0.3, 0.4) is 0 Å². The molecule has 1 aromatic carbocycles. The Morgan fingerprint density at radius 3 is 3.11 bits per heavy atom. The number of nitrogens with zero attached hydrogens (tertiary/aromatic N) is 3. The summed E-state index contributed by atoms with van der Waals surface area (Å²) in [5.74, 6) is 0.0553. The number of carbonyl (C=O) groups is 1. The Balaban J connectivity index is 1.79. The summed E-state index contributed by atoms with van der Waals surface area (Å²) in [6.07, 6.45) is 3.57. The molecule has 1 aliphatic heterocycles. The van der Waals surface area contributed by atoms with Crippen molar-refractivity contribution in [2.24, 2.45) is 0 Å². The summed E-state index contributed by atoms with van der Waals surface area (Å²) in [4.78, 5) is 18.4. The number of carbonyl (C=O) groups excluding carboxylic acids is 1. The molecule has 0 aliphatic carbocycles. The van der Waals surface area contributed by atoms with Gasteiger partial charge in [0.2, 0.25) is 5.91 Å². The van der Waals surface area contributed by atoms with Gasteiger partial charge in [-0.2, -0.15) is 0 Å². The molecule has 0 saturated carbocycles. The number of imidazole rings is 1. The summed E-state index contributed by atoms with van der Waals surface area (Å²) >= 11 is 0. The fraction of sp³-hybridized carbons (Fsp3) is 0.429. The van der Waals surface area contributed by atoms with Gasteiger partial charge in [-0.15, -0.1) is 0 Å². The van der Waals surface area contributed by atoms with E-state index in [-0.39, 0.29) is 25.1 Å². The number of aliphatic hydroxyl groups is 1. The molecular weight excluding hydrogens is 242 g/mol. The van der Waals surface area contributed by atoms with E-state index in [1.165, 1.54) is 0 Å². The number of aromatic nitrogens is 2. The van der Waals surface area contributed by atoms with E-state index in [2.05, 4.69) is 4.98 Å². The van der Waals surface area contributed by atoms with Gasteiger partial charge in [-0.3, -0.25) is 4.79 Å². The Bertz CT molecular complexity index is 593. The molecule has 1 amide bonds. The molecule has 1 aromatic heterocycles. The quantitative estimate of drug-likeness (QED) is 0.895. The number of amides is 1. The Hall–Kier alpha value is -1.88. The van der Waals surface area contributed by atoms with Crippen LogP contribution in [0.25, 0.3) is 11.0 Å². The van der Waals surface area contributed by atoms with Crippen LogP contribution in [0, 0.1) is 0 Å². The van der Waals surface area contributed by atoms with Gasteiger partial charge in [0.05, 0.1) is 30.0 Å². The van der Waals surface area contributed by atoms with Crippen LogP contribution in [-0.2, 0) is 11.3 Å². The average Bonchev–Trinajstić information content (AvgIpc) is 3.05. The third-order valence-corrected chi connectivity index (χ3v) is 3.74. The van der Waals surface area contributed by atoms with Crippen LogP contribution in [0.4, 0.5) is 0 Å². The molecule has 19 heavy (non-hydrogen) atoms. The lowest BCUT2D eigenvalue weighted by atomic mass is 10.2. The average molecular weight is 259 g/mol. The van der Waals surface area contributed by atoms with Crippen LogP contribution in [0.15, 0.2) is 30.6 Å². The molecule has 5 heteroatoms. The molecule has 1 N–H and O–H groups in total. The molecule has 1 fully saturated rings. The van der Waals surface area contributed by atoms with E-state index in [0.29, 0.717) is 0 Å². The zero-order valence-corrected chi connectivity index (χ0v) is 10.7. The molecule has 0 radical (unpaired) electrons. The second-order valence-corrected chi connectivity index (χ2v) is 4.93. The predicted octanol–water partition coefficient (Wildman–Crippen LogP) is 1.02. The highest BCUT2D eigenvalue weighted by Gasteiger charge is 2.28. The second kappa shape index (κ2) is 5.01. The number of hydrogen-bond donors (Lipinski definition) is 1. The second-order valence-electron chi connectivity index (χ2n) is 4.93. The van der Waals surface area contributed by atoms with Gasteiger partial charge in [-0.05, 0) is 25.0 Å². The number of likely N-dealkylation sites (tertiary alicyclic amines) is 1. The summed E-state index contributed by atoms with van der Waals surface area (Å²) in [5, 5.41) is 9.27. The molecule has 1 unspecified atom stereocenters. The van der Waals surface area contributed by atoms with Crippen molar-refractivity contribution in [3.8, 4) is 0 Å². The first-order valence-electron chi connectivity index (χ1n) is 6.60. The van der Waals surface area contributed by atoms with Crippen LogP contribution < -0.4 is 0 Å². The van der Waals surface area contributed by atoms with E-state index >= 15 is 0 Å². The molecule has 1 saturated heterocycles. The molecule has 3 rings (SSSR count). The molecule has 2 heterocycles. The van der Waals surface area contributed by atoms with Crippen molar-refractivity contribution in [1.82, 2.24) is 14.5 Å². The van der Waals surface area contributed by atoms with Gasteiger partial charge in [0.15, 0.2) is 0 Å². The maximum atomic E-state index is 12.3. The van der Waals surface area contributed by atoms with E-state index in [9.17, 15) is 9.90 Å². The number of rotatable bonds is 3. The minimum atomic E-state index is -0.0118. The predicted molar refractivity (Wildman–Crippen MR) is 71.6 cm³/mol. The van der Waals surface area contributed by atoms with E-state index in [0.717, 1.165) is 30.4 Å². The van der Waals surface area contributed by atoms with Crippen LogP contribution in [0.5, 0.6) is 0 Å². The van der Waals surface area contributed by atoms with Crippen molar-refractivity contribution >= 4 is 16.9 Å². The number of hydrogen-bond acceptors (Lipinski definition) is 3. The summed E-state index contributed by atoms with van der Waals surface area (Å²) in [6.45, 7) is 1.09. The van der Waals surface area contributed by atoms with Crippen molar-refractivity contribution in [2.75, 3.05) is 13.2 Å². The first kappa shape index (κ1) is 12.2. The number of benzene rings is 1. The van der Waals surface area contributed by atoms with Gasteiger partial charge >= 0.3 is 0 Å². The van der Waals surface area contributed by atoms with Gasteiger partial charge in [0.1, 0.15) is 6.54 Å². The molecular formula is C14H17N3O2. The highest BCUT2D eigenvalue weighted by Crippen LogP contribution is 2.18. The summed E-state index contributed by atoms with van der Waals surface area (Å²) in [7, 11) is 0. The van der Waals surface area contributed by atoms with Crippen LogP contribution in [0.2, 0.25) is 0 Å². The van der Waals surface area contributed by atoms with Crippen molar-refractivity contribution in [3.63, 3.8) is 0 Å². The molecule has 0 spiro atoms. The van der Waals surface area contributed by atoms with Gasteiger partial charge in [-0.25, -0.2) is 4.98 Å². The van der Waals surface area contributed by atoms with Gasteiger partial charge in [-0.1, -0.05) is 12.1 Å².